The van der Waals surface area contributed by atoms with Gasteiger partial charge >= 0.3 is 0 Å². The molecule has 2 N–H and O–H groups in total. The highest BCUT2D eigenvalue weighted by Crippen LogP contribution is 2.21. The second-order valence-corrected chi connectivity index (χ2v) is 9.03. The number of hydrogen-bond acceptors (Lipinski definition) is 2. The fraction of sp³-hybridized carbons (Fsp3) is 0.276. The molecule has 0 atom stereocenters. The van der Waals surface area contributed by atoms with Gasteiger partial charge in [0.2, 0.25) is 5.91 Å². The highest BCUT2D eigenvalue weighted by atomic mass is 16.1. The molecule has 4 nitrogen and oxygen atoms in total. The van der Waals surface area contributed by atoms with Gasteiger partial charge in [-0.25, -0.2) is 0 Å². The molecule has 0 bridgehead atoms. The van der Waals surface area contributed by atoms with E-state index < -0.39 is 0 Å². The first-order valence-corrected chi connectivity index (χ1v) is 12.0. The minimum Gasteiger partial charge on any atom is -0.358 e. The molecule has 5 rings (SSSR count). The molecule has 3 aromatic carbocycles. The number of aromatic nitrogens is 1. The summed E-state index contributed by atoms with van der Waals surface area (Å²) in [7, 11) is 0. The Balaban J connectivity index is 1.05. The second-order valence-electron chi connectivity index (χ2n) is 9.03. The lowest BCUT2D eigenvalue weighted by atomic mass is 9.95. The van der Waals surface area contributed by atoms with Gasteiger partial charge in [0, 0.05) is 36.6 Å². The van der Waals surface area contributed by atoms with Gasteiger partial charge in [0.1, 0.15) is 0 Å². The van der Waals surface area contributed by atoms with Gasteiger partial charge in [-0.05, 0) is 60.1 Å². The summed E-state index contributed by atoms with van der Waals surface area (Å²) in [4.78, 5) is 18.7. The van der Waals surface area contributed by atoms with Gasteiger partial charge in [0.15, 0.2) is 0 Å². The highest BCUT2D eigenvalue weighted by Gasteiger charge is 2.24. The summed E-state index contributed by atoms with van der Waals surface area (Å²) in [6.45, 7) is 3.61. The first-order valence-electron chi connectivity index (χ1n) is 12.0. The van der Waals surface area contributed by atoms with Crippen LogP contribution in [-0.2, 0) is 17.8 Å². The number of amides is 1. The van der Waals surface area contributed by atoms with Crippen LogP contribution in [0, 0.1) is 5.92 Å². The Morgan fingerprint density at radius 1 is 0.879 bits per heavy atom. The number of piperidine rings is 1. The zero-order valence-corrected chi connectivity index (χ0v) is 19.0. The molecule has 168 valence electrons. The Labute approximate surface area is 195 Å². The zero-order chi connectivity index (χ0) is 22.5. The molecule has 1 saturated heterocycles. The molecule has 0 radical (unpaired) electrons. The van der Waals surface area contributed by atoms with Crippen molar-refractivity contribution in [2.24, 2.45) is 5.92 Å². The van der Waals surface area contributed by atoms with Gasteiger partial charge in [-0.15, -0.1) is 0 Å². The van der Waals surface area contributed by atoms with E-state index in [1.165, 1.54) is 27.7 Å². The van der Waals surface area contributed by atoms with Crippen LogP contribution in [0.1, 0.15) is 24.1 Å². The molecule has 0 unspecified atom stereocenters. The van der Waals surface area contributed by atoms with E-state index in [4.69, 9.17) is 0 Å². The third kappa shape index (κ3) is 5.35. The van der Waals surface area contributed by atoms with Crippen LogP contribution in [0.5, 0.6) is 0 Å². The highest BCUT2D eigenvalue weighted by molar-refractivity contribution is 5.80. The minimum absolute atomic E-state index is 0.123. The van der Waals surface area contributed by atoms with Crippen LogP contribution in [-0.4, -0.2) is 35.4 Å². The van der Waals surface area contributed by atoms with E-state index >= 15 is 0 Å². The maximum Gasteiger partial charge on any atom is 0.223 e. The van der Waals surface area contributed by atoms with Crippen molar-refractivity contribution in [1.29, 1.82) is 0 Å². The summed E-state index contributed by atoms with van der Waals surface area (Å²) in [5.74, 6) is 0.315. The van der Waals surface area contributed by atoms with Crippen molar-refractivity contribution in [1.82, 2.24) is 15.2 Å². The predicted octanol–water partition coefficient (Wildman–Crippen LogP) is 5.41. The third-order valence-electron chi connectivity index (χ3n) is 6.77. The number of para-hydroxylation sites is 1. The van der Waals surface area contributed by atoms with Gasteiger partial charge in [0.05, 0.1) is 0 Å². The molecular formula is C29H31N3O. The van der Waals surface area contributed by atoms with Gasteiger partial charge in [-0.3, -0.25) is 4.79 Å². The number of H-pyrrole nitrogens is 1. The number of nitrogens with zero attached hydrogens (tertiary/aromatic N) is 1. The van der Waals surface area contributed by atoms with Crippen LogP contribution < -0.4 is 5.32 Å². The Bertz CT molecular complexity index is 1160. The second kappa shape index (κ2) is 10.1. The summed E-state index contributed by atoms with van der Waals surface area (Å²) in [5, 5.41) is 4.43. The molecule has 0 spiro atoms. The molecular weight excluding hydrogens is 406 g/mol. The maximum absolute atomic E-state index is 12.7. The van der Waals surface area contributed by atoms with E-state index in [0.717, 1.165) is 44.5 Å². The average Bonchev–Trinajstić information content (AvgIpc) is 3.30. The van der Waals surface area contributed by atoms with Crippen LogP contribution in [0.15, 0.2) is 84.9 Å². The topological polar surface area (TPSA) is 48.1 Å². The van der Waals surface area contributed by atoms with Crippen molar-refractivity contribution in [3.8, 4) is 11.1 Å². The van der Waals surface area contributed by atoms with Crippen LogP contribution in [0.4, 0.5) is 0 Å². The lowest BCUT2D eigenvalue weighted by molar-refractivity contribution is -0.126. The summed E-state index contributed by atoms with van der Waals surface area (Å²) in [6.07, 6.45) is 2.89. The van der Waals surface area contributed by atoms with Crippen molar-refractivity contribution in [2.45, 2.75) is 25.8 Å². The number of benzene rings is 3. The van der Waals surface area contributed by atoms with E-state index in [1.807, 2.05) is 6.07 Å². The number of rotatable bonds is 7. The predicted molar refractivity (Wildman–Crippen MR) is 135 cm³/mol. The first-order chi connectivity index (χ1) is 16.2. The number of carbonyl (C=O) groups is 1. The SMILES string of the molecule is O=C(NCc1ccc(-c2ccccc2)cc1)C1CCN(CCc2cc3ccccc3[nH]2)CC1. The van der Waals surface area contributed by atoms with Crippen LogP contribution in [0.3, 0.4) is 0 Å². The Hall–Kier alpha value is -3.37. The van der Waals surface area contributed by atoms with Crippen molar-refractivity contribution < 1.29 is 4.79 Å². The van der Waals surface area contributed by atoms with Crippen molar-refractivity contribution >= 4 is 16.8 Å². The smallest absolute Gasteiger partial charge is 0.223 e. The lowest BCUT2D eigenvalue weighted by Gasteiger charge is -2.31. The minimum atomic E-state index is 0.123. The van der Waals surface area contributed by atoms with Crippen LogP contribution >= 0.6 is 0 Å². The number of aromatic amines is 1. The fourth-order valence-corrected chi connectivity index (χ4v) is 4.74. The summed E-state index contributed by atoms with van der Waals surface area (Å²) < 4.78 is 0. The summed E-state index contributed by atoms with van der Waals surface area (Å²) >= 11 is 0. The molecule has 1 aromatic heterocycles. The maximum atomic E-state index is 12.7. The fourth-order valence-electron chi connectivity index (χ4n) is 4.74. The molecule has 1 aliphatic rings. The summed E-state index contributed by atoms with van der Waals surface area (Å²) in [6, 6.07) is 29.5. The van der Waals surface area contributed by atoms with Crippen molar-refractivity contribution in [3.05, 3.63) is 96.2 Å². The molecule has 4 aromatic rings. The lowest BCUT2D eigenvalue weighted by Crippen LogP contribution is -2.41. The molecule has 1 fully saturated rings. The largest absolute Gasteiger partial charge is 0.358 e. The molecule has 2 heterocycles. The number of hydrogen-bond donors (Lipinski definition) is 2. The molecule has 1 amide bonds. The standard InChI is InChI=1S/C29H31N3O/c33-29(30-21-22-10-12-24(13-11-22)23-6-2-1-3-7-23)25-14-17-32(18-15-25)19-16-27-20-26-8-4-5-9-28(26)31-27/h1-13,20,25,31H,14-19,21H2,(H,30,33). The van der Waals surface area contributed by atoms with E-state index in [9.17, 15) is 4.79 Å². The quantitative estimate of drug-likeness (QED) is 0.406. The number of fused-ring (bicyclic) bond motifs is 1. The zero-order valence-electron chi connectivity index (χ0n) is 19.0. The van der Waals surface area contributed by atoms with Crippen LogP contribution in [0.2, 0.25) is 0 Å². The van der Waals surface area contributed by atoms with Crippen LogP contribution in [0.25, 0.3) is 22.0 Å². The molecule has 1 aliphatic heterocycles. The van der Waals surface area contributed by atoms with E-state index in [1.54, 1.807) is 0 Å². The molecule has 0 aliphatic carbocycles. The number of nitrogens with one attached hydrogen (secondary N) is 2. The molecule has 0 saturated carbocycles. The Morgan fingerprint density at radius 2 is 1.58 bits per heavy atom. The molecule has 33 heavy (non-hydrogen) atoms. The van der Waals surface area contributed by atoms with E-state index in [2.05, 4.69) is 94.1 Å². The van der Waals surface area contributed by atoms with E-state index in [0.29, 0.717) is 6.54 Å². The van der Waals surface area contributed by atoms with Crippen molar-refractivity contribution in [2.75, 3.05) is 19.6 Å². The van der Waals surface area contributed by atoms with Gasteiger partial charge < -0.3 is 15.2 Å². The monoisotopic (exact) mass is 437 g/mol. The number of likely N-dealkylation sites (tertiary alicyclic amines) is 1. The average molecular weight is 438 g/mol. The Kier molecular flexibility index (Phi) is 6.54. The van der Waals surface area contributed by atoms with Gasteiger partial charge in [-0.1, -0.05) is 72.8 Å². The van der Waals surface area contributed by atoms with Gasteiger partial charge in [0.25, 0.3) is 0 Å². The van der Waals surface area contributed by atoms with E-state index in [-0.39, 0.29) is 11.8 Å². The Morgan fingerprint density at radius 3 is 2.33 bits per heavy atom. The number of carbonyl (C=O) groups excluding carboxylic acids is 1. The normalized spacial score (nSPS) is 15.0. The first kappa shape index (κ1) is 21.5. The van der Waals surface area contributed by atoms with Crippen molar-refractivity contribution in [3.63, 3.8) is 0 Å². The summed E-state index contributed by atoms with van der Waals surface area (Å²) in [5.41, 5.74) is 6.04. The van der Waals surface area contributed by atoms with Gasteiger partial charge in [-0.2, -0.15) is 0 Å². The third-order valence-corrected chi connectivity index (χ3v) is 6.77. The molecule has 4 heteroatoms.